The van der Waals surface area contributed by atoms with Gasteiger partial charge in [-0.2, -0.15) is 5.10 Å². The van der Waals surface area contributed by atoms with Crippen molar-refractivity contribution in [3.05, 3.63) is 72.8 Å². The maximum absolute atomic E-state index is 14.8. The number of hydrogen-bond donors (Lipinski definition) is 3. The summed E-state index contributed by atoms with van der Waals surface area (Å²) in [7, 11) is 0. The third kappa shape index (κ3) is 5.91. The molecular formula is C35H35FN8O2. The minimum Gasteiger partial charge on any atom is -0.492 e. The number of pyridine rings is 2. The third-order valence-corrected chi connectivity index (χ3v) is 8.80. The fraction of sp³-hybridized carbons (Fsp3) is 0.314. The number of halogens is 1. The van der Waals surface area contributed by atoms with E-state index in [4.69, 9.17) is 19.4 Å². The van der Waals surface area contributed by atoms with E-state index in [-0.39, 0.29) is 11.9 Å². The highest BCUT2D eigenvalue weighted by atomic mass is 19.1. The van der Waals surface area contributed by atoms with E-state index in [1.807, 2.05) is 42.5 Å². The minimum atomic E-state index is -0.351. The number of H-pyrrole nitrogens is 2. The van der Waals surface area contributed by atoms with Crippen LogP contribution < -0.4 is 14.8 Å². The Morgan fingerprint density at radius 3 is 2.63 bits per heavy atom. The van der Waals surface area contributed by atoms with Crippen LogP contribution in [0.15, 0.2) is 67.0 Å². The van der Waals surface area contributed by atoms with Crippen LogP contribution in [0.3, 0.4) is 0 Å². The molecule has 3 N–H and O–H groups in total. The summed E-state index contributed by atoms with van der Waals surface area (Å²) in [6, 6.07) is 16.6. The van der Waals surface area contributed by atoms with Gasteiger partial charge in [-0.25, -0.2) is 14.4 Å². The summed E-state index contributed by atoms with van der Waals surface area (Å²) in [6.07, 6.45) is 8.12. The van der Waals surface area contributed by atoms with Crippen LogP contribution in [0.5, 0.6) is 11.5 Å². The van der Waals surface area contributed by atoms with Gasteiger partial charge in [-0.15, -0.1) is 0 Å². The number of benzene rings is 2. The number of piperidine rings is 1. The molecule has 2 aliphatic heterocycles. The number of hydrogen-bond acceptors (Lipinski definition) is 8. The SMILES string of the molecule is Fc1cc(OCCN2CCCC2)cc(-c2cccc3[nH]c(-c4n[nH]c5ccc(-c6cncc(OC7CCNCC7)c6)nc45)nc23)c1. The van der Waals surface area contributed by atoms with Crippen LogP contribution in [-0.2, 0) is 0 Å². The molecule has 4 aromatic heterocycles. The Kier molecular flexibility index (Phi) is 7.77. The lowest BCUT2D eigenvalue weighted by Crippen LogP contribution is -2.34. The first kappa shape index (κ1) is 28.6. The number of rotatable bonds is 9. The molecule has 8 rings (SSSR count). The van der Waals surface area contributed by atoms with Crippen molar-refractivity contribution < 1.29 is 13.9 Å². The van der Waals surface area contributed by atoms with Crippen molar-refractivity contribution in [2.75, 3.05) is 39.3 Å². The monoisotopic (exact) mass is 618 g/mol. The fourth-order valence-corrected chi connectivity index (χ4v) is 6.43. The minimum absolute atomic E-state index is 0.179. The van der Waals surface area contributed by atoms with Crippen LogP contribution in [0.25, 0.3) is 56.0 Å². The maximum Gasteiger partial charge on any atom is 0.161 e. The number of imidazole rings is 1. The number of fused-ring (bicyclic) bond motifs is 2. The molecule has 0 atom stereocenters. The molecule has 0 spiro atoms. The zero-order valence-electron chi connectivity index (χ0n) is 25.4. The molecule has 2 aliphatic rings. The molecule has 2 saturated heterocycles. The lowest BCUT2D eigenvalue weighted by Gasteiger charge is -2.23. The normalized spacial score (nSPS) is 16.0. The molecule has 234 valence electrons. The molecule has 46 heavy (non-hydrogen) atoms. The maximum atomic E-state index is 14.8. The van der Waals surface area contributed by atoms with Gasteiger partial charge in [0, 0.05) is 29.9 Å². The Bertz CT molecular complexity index is 1990. The Hall–Kier alpha value is -4.87. The van der Waals surface area contributed by atoms with Gasteiger partial charge in [0.05, 0.1) is 28.4 Å². The molecule has 0 unspecified atom stereocenters. The van der Waals surface area contributed by atoms with Gasteiger partial charge >= 0.3 is 0 Å². The highest BCUT2D eigenvalue weighted by molar-refractivity contribution is 5.96. The number of aromatic nitrogens is 6. The van der Waals surface area contributed by atoms with E-state index in [0.717, 1.165) is 79.2 Å². The van der Waals surface area contributed by atoms with Crippen molar-refractivity contribution in [2.45, 2.75) is 31.8 Å². The van der Waals surface area contributed by atoms with Crippen molar-refractivity contribution in [1.82, 2.24) is 40.3 Å². The fourth-order valence-electron chi connectivity index (χ4n) is 6.43. The zero-order chi connectivity index (χ0) is 30.9. The van der Waals surface area contributed by atoms with Gasteiger partial charge in [0.25, 0.3) is 0 Å². The van der Waals surface area contributed by atoms with Crippen molar-refractivity contribution in [3.63, 3.8) is 0 Å². The quantitative estimate of drug-likeness (QED) is 0.181. The highest BCUT2D eigenvalue weighted by Crippen LogP contribution is 2.34. The summed E-state index contributed by atoms with van der Waals surface area (Å²) in [4.78, 5) is 20.1. The molecule has 2 fully saturated rings. The van der Waals surface area contributed by atoms with Crippen LogP contribution >= 0.6 is 0 Å². The number of nitrogens with zero attached hydrogens (tertiary/aromatic N) is 5. The molecule has 0 bridgehead atoms. The van der Waals surface area contributed by atoms with Crippen LogP contribution in [0.1, 0.15) is 25.7 Å². The van der Waals surface area contributed by atoms with Crippen LogP contribution in [0, 0.1) is 5.82 Å². The lowest BCUT2D eigenvalue weighted by molar-refractivity contribution is 0.162. The Morgan fingerprint density at radius 2 is 1.74 bits per heavy atom. The van der Waals surface area contributed by atoms with E-state index in [2.05, 4.69) is 30.4 Å². The number of aromatic amines is 2. The van der Waals surface area contributed by atoms with Crippen molar-refractivity contribution in [2.24, 2.45) is 0 Å². The Morgan fingerprint density at radius 1 is 0.870 bits per heavy atom. The predicted octanol–water partition coefficient (Wildman–Crippen LogP) is 5.97. The molecule has 0 aliphatic carbocycles. The molecule has 0 saturated carbocycles. The summed E-state index contributed by atoms with van der Waals surface area (Å²) in [5.41, 5.74) is 6.71. The number of ether oxygens (including phenoxy) is 2. The summed E-state index contributed by atoms with van der Waals surface area (Å²) in [6.45, 7) is 5.47. The number of nitrogens with one attached hydrogen (secondary N) is 3. The van der Waals surface area contributed by atoms with Gasteiger partial charge < -0.3 is 19.8 Å². The van der Waals surface area contributed by atoms with Crippen LogP contribution in [0.4, 0.5) is 4.39 Å². The highest BCUT2D eigenvalue weighted by Gasteiger charge is 2.19. The smallest absolute Gasteiger partial charge is 0.161 e. The van der Waals surface area contributed by atoms with Gasteiger partial charge in [-0.1, -0.05) is 12.1 Å². The van der Waals surface area contributed by atoms with Crippen molar-refractivity contribution in [1.29, 1.82) is 0 Å². The third-order valence-electron chi connectivity index (χ3n) is 8.80. The van der Waals surface area contributed by atoms with Gasteiger partial charge in [-0.05, 0) is 93.8 Å². The van der Waals surface area contributed by atoms with E-state index >= 15 is 0 Å². The standard InChI is InChI=1S/C35H35FN8O2/c36-24-16-22(17-26(19-24)45-15-14-44-12-1-2-13-44)28-4-3-5-30-32(28)41-35(40-30)34-33-31(42-43-34)7-6-29(39-33)23-18-27(21-38-20-23)46-25-8-10-37-11-9-25/h3-7,16-21,25,37H,1-2,8-15H2,(H,40,41)(H,42,43). The van der Waals surface area contributed by atoms with E-state index in [0.29, 0.717) is 40.5 Å². The average Bonchev–Trinajstić information content (AvgIpc) is 3.85. The largest absolute Gasteiger partial charge is 0.492 e. The van der Waals surface area contributed by atoms with Crippen molar-refractivity contribution >= 4 is 22.1 Å². The molecule has 2 aromatic carbocycles. The molecular weight excluding hydrogens is 583 g/mol. The van der Waals surface area contributed by atoms with Crippen molar-refractivity contribution in [3.8, 4) is 45.4 Å². The van der Waals surface area contributed by atoms with E-state index in [9.17, 15) is 4.39 Å². The predicted molar refractivity (Wildman–Crippen MR) is 175 cm³/mol. The lowest BCUT2D eigenvalue weighted by atomic mass is 10.0. The topological polar surface area (TPSA) is 117 Å². The molecule has 10 nitrogen and oxygen atoms in total. The summed E-state index contributed by atoms with van der Waals surface area (Å²) in [5, 5.41) is 11.0. The van der Waals surface area contributed by atoms with Gasteiger partial charge in [0.15, 0.2) is 11.5 Å². The van der Waals surface area contributed by atoms with Gasteiger partial charge in [-0.3, -0.25) is 15.0 Å². The average molecular weight is 619 g/mol. The second-order valence-electron chi connectivity index (χ2n) is 12.0. The first-order valence-corrected chi connectivity index (χ1v) is 16.0. The molecule has 0 amide bonds. The second kappa shape index (κ2) is 12.5. The summed E-state index contributed by atoms with van der Waals surface area (Å²) < 4.78 is 27.0. The molecule has 11 heteroatoms. The van der Waals surface area contributed by atoms with Crippen LogP contribution in [-0.4, -0.2) is 80.5 Å². The molecule has 6 heterocycles. The molecule has 0 radical (unpaired) electrons. The number of para-hydroxylation sites is 1. The Labute approximate surface area is 265 Å². The molecule has 6 aromatic rings. The zero-order valence-corrected chi connectivity index (χ0v) is 25.4. The second-order valence-corrected chi connectivity index (χ2v) is 12.0. The van der Waals surface area contributed by atoms with Gasteiger partial charge in [0.1, 0.15) is 35.5 Å². The summed E-state index contributed by atoms with van der Waals surface area (Å²) >= 11 is 0. The first-order valence-electron chi connectivity index (χ1n) is 16.0. The van der Waals surface area contributed by atoms with E-state index in [1.54, 1.807) is 12.4 Å². The number of likely N-dealkylation sites (tertiary alicyclic amines) is 1. The summed E-state index contributed by atoms with van der Waals surface area (Å²) in [5.74, 6) is 1.46. The van der Waals surface area contributed by atoms with E-state index in [1.165, 1.54) is 25.0 Å². The Balaban J connectivity index is 1.08. The van der Waals surface area contributed by atoms with Crippen LogP contribution in [0.2, 0.25) is 0 Å². The van der Waals surface area contributed by atoms with E-state index < -0.39 is 0 Å². The first-order chi connectivity index (χ1) is 22.7. The van der Waals surface area contributed by atoms with Gasteiger partial charge in [0.2, 0.25) is 0 Å².